The van der Waals surface area contributed by atoms with Crippen LogP contribution in [-0.2, 0) is 6.42 Å². The number of hydrogen-bond acceptors (Lipinski definition) is 3. The molecule has 1 saturated carbocycles. The molecule has 88 valence electrons. The molecule has 1 aliphatic rings. The molecular formula is C12H19N3O. The molecule has 0 aliphatic heterocycles. The van der Waals surface area contributed by atoms with E-state index in [2.05, 4.69) is 9.97 Å². The number of nitrogen functional groups attached to an aromatic ring is 1. The zero-order valence-electron chi connectivity index (χ0n) is 9.75. The van der Waals surface area contributed by atoms with Gasteiger partial charge in [0.25, 0.3) is 5.56 Å². The fraction of sp³-hybridized carbons (Fsp3) is 0.667. The first-order chi connectivity index (χ1) is 7.72. The van der Waals surface area contributed by atoms with Crippen LogP contribution >= 0.6 is 0 Å². The lowest BCUT2D eigenvalue weighted by Crippen LogP contribution is -2.20. The molecule has 16 heavy (non-hydrogen) atoms. The summed E-state index contributed by atoms with van der Waals surface area (Å²) >= 11 is 0. The number of hydrogen-bond donors (Lipinski definition) is 2. The van der Waals surface area contributed by atoms with Gasteiger partial charge in [-0.1, -0.05) is 26.2 Å². The number of rotatable bonds is 3. The van der Waals surface area contributed by atoms with Crippen molar-refractivity contribution in [3.05, 3.63) is 21.7 Å². The number of nitrogens with one attached hydrogen (secondary N) is 1. The molecule has 0 aromatic carbocycles. The topological polar surface area (TPSA) is 71.8 Å². The molecule has 1 heterocycles. The summed E-state index contributed by atoms with van der Waals surface area (Å²) in [7, 11) is 0. The van der Waals surface area contributed by atoms with E-state index in [0.29, 0.717) is 23.7 Å². The smallest absolute Gasteiger partial charge is 0.256 e. The number of nitrogens with two attached hydrogens (primary N) is 1. The third kappa shape index (κ3) is 2.10. The van der Waals surface area contributed by atoms with E-state index in [9.17, 15) is 4.79 Å². The zero-order chi connectivity index (χ0) is 11.5. The lowest BCUT2D eigenvalue weighted by Gasteiger charge is -2.10. The number of H-pyrrole nitrogens is 1. The van der Waals surface area contributed by atoms with Crippen LogP contribution in [0.25, 0.3) is 0 Å². The molecule has 0 amide bonds. The molecule has 0 saturated heterocycles. The first-order valence-corrected chi connectivity index (χ1v) is 6.11. The van der Waals surface area contributed by atoms with Crippen LogP contribution in [0.4, 0.5) is 5.82 Å². The summed E-state index contributed by atoms with van der Waals surface area (Å²) in [5.41, 5.74) is 6.44. The molecule has 1 aromatic rings. The van der Waals surface area contributed by atoms with Gasteiger partial charge in [0.2, 0.25) is 0 Å². The molecular weight excluding hydrogens is 202 g/mol. The van der Waals surface area contributed by atoms with Crippen molar-refractivity contribution in [3.8, 4) is 0 Å². The highest BCUT2D eigenvalue weighted by Crippen LogP contribution is 2.31. The molecule has 0 bridgehead atoms. The van der Waals surface area contributed by atoms with Crippen LogP contribution in [0.3, 0.4) is 0 Å². The largest absolute Gasteiger partial charge is 0.383 e. The van der Waals surface area contributed by atoms with Gasteiger partial charge in [0.15, 0.2) is 0 Å². The number of aromatic amines is 1. The van der Waals surface area contributed by atoms with Gasteiger partial charge in [-0.2, -0.15) is 0 Å². The third-order valence-electron chi connectivity index (χ3n) is 3.31. The Kier molecular flexibility index (Phi) is 3.27. The fourth-order valence-electron chi connectivity index (χ4n) is 2.42. The van der Waals surface area contributed by atoms with Gasteiger partial charge in [0.05, 0.1) is 5.56 Å². The Morgan fingerprint density at radius 3 is 2.69 bits per heavy atom. The van der Waals surface area contributed by atoms with E-state index in [4.69, 9.17) is 5.73 Å². The normalized spacial score (nSPS) is 16.8. The molecule has 4 nitrogen and oxygen atoms in total. The highest BCUT2D eigenvalue weighted by atomic mass is 16.1. The van der Waals surface area contributed by atoms with E-state index in [1.807, 2.05) is 6.92 Å². The van der Waals surface area contributed by atoms with Crippen molar-refractivity contribution in [2.75, 3.05) is 5.73 Å². The van der Waals surface area contributed by atoms with Gasteiger partial charge in [-0.3, -0.25) is 4.79 Å². The van der Waals surface area contributed by atoms with Gasteiger partial charge < -0.3 is 10.7 Å². The van der Waals surface area contributed by atoms with Gasteiger partial charge in [0.1, 0.15) is 11.6 Å². The van der Waals surface area contributed by atoms with E-state index in [0.717, 1.165) is 25.1 Å². The second-order valence-electron chi connectivity index (χ2n) is 4.55. The quantitative estimate of drug-likeness (QED) is 0.819. The van der Waals surface area contributed by atoms with E-state index >= 15 is 0 Å². The second-order valence-corrected chi connectivity index (χ2v) is 4.55. The summed E-state index contributed by atoms with van der Waals surface area (Å²) in [6.07, 6.45) is 6.32. The van der Waals surface area contributed by atoms with Crippen molar-refractivity contribution < 1.29 is 0 Å². The van der Waals surface area contributed by atoms with E-state index in [1.54, 1.807) is 0 Å². The highest BCUT2D eigenvalue weighted by Gasteiger charge is 2.20. The van der Waals surface area contributed by atoms with Crippen molar-refractivity contribution in [2.24, 2.45) is 0 Å². The lowest BCUT2D eigenvalue weighted by molar-refractivity contribution is 0.661. The molecule has 0 atom stereocenters. The van der Waals surface area contributed by atoms with Crippen molar-refractivity contribution in [2.45, 2.75) is 51.4 Å². The maximum Gasteiger partial charge on any atom is 0.256 e. The van der Waals surface area contributed by atoms with Crippen LogP contribution in [0, 0.1) is 0 Å². The predicted octanol–water partition coefficient (Wildman–Crippen LogP) is 1.96. The summed E-state index contributed by atoms with van der Waals surface area (Å²) in [5.74, 6) is 1.62. The Bertz CT molecular complexity index is 419. The Labute approximate surface area is 95.3 Å². The minimum absolute atomic E-state index is 0.0451. The summed E-state index contributed by atoms with van der Waals surface area (Å²) in [4.78, 5) is 19.1. The van der Waals surface area contributed by atoms with Crippen LogP contribution in [0.15, 0.2) is 4.79 Å². The van der Waals surface area contributed by atoms with Crippen molar-refractivity contribution in [1.82, 2.24) is 9.97 Å². The SMILES string of the molecule is CCCc1c(N)nc(C2CCCC2)[nH]c1=O. The average molecular weight is 221 g/mol. The van der Waals surface area contributed by atoms with Crippen LogP contribution in [0.1, 0.15) is 56.3 Å². The predicted molar refractivity (Wildman–Crippen MR) is 64.5 cm³/mol. The van der Waals surface area contributed by atoms with Gasteiger partial charge >= 0.3 is 0 Å². The molecule has 0 unspecified atom stereocenters. The molecule has 4 heteroatoms. The minimum atomic E-state index is -0.0451. The standard InChI is InChI=1S/C12H19N3O/c1-2-5-9-10(13)14-11(15-12(9)16)8-6-3-4-7-8/h8H,2-7H2,1H3,(H3,13,14,15,16). The molecule has 0 spiro atoms. The van der Waals surface area contributed by atoms with Crippen molar-refractivity contribution >= 4 is 5.82 Å². The molecule has 1 aliphatic carbocycles. The van der Waals surface area contributed by atoms with E-state index in [-0.39, 0.29) is 5.56 Å². The fourth-order valence-corrected chi connectivity index (χ4v) is 2.42. The van der Waals surface area contributed by atoms with Gasteiger partial charge in [-0.15, -0.1) is 0 Å². The van der Waals surface area contributed by atoms with Gasteiger partial charge in [0, 0.05) is 5.92 Å². The molecule has 1 aromatic heterocycles. The average Bonchev–Trinajstić information content (AvgIpc) is 2.76. The zero-order valence-corrected chi connectivity index (χ0v) is 9.75. The molecule has 1 fully saturated rings. The van der Waals surface area contributed by atoms with Gasteiger partial charge in [-0.05, 0) is 19.3 Å². The van der Waals surface area contributed by atoms with Crippen LogP contribution in [-0.4, -0.2) is 9.97 Å². The van der Waals surface area contributed by atoms with Crippen LogP contribution in [0.2, 0.25) is 0 Å². The molecule has 3 N–H and O–H groups in total. The number of aromatic nitrogens is 2. The first-order valence-electron chi connectivity index (χ1n) is 6.11. The minimum Gasteiger partial charge on any atom is -0.383 e. The molecule has 2 rings (SSSR count). The van der Waals surface area contributed by atoms with E-state index < -0.39 is 0 Å². The van der Waals surface area contributed by atoms with Gasteiger partial charge in [-0.25, -0.2) is 4.98 Å². The summed E-state index contributed by atoms with van der Waals surface area (Å²) in [6.45, 7) is 2.03. The number of nitrogens with zero attached hydrogens (tertiary/aromatic N) is 1. The maximum atomic E-state index is 11.8. The Hall–Kier alpha value is -1.32. The monoisotopic (exact) mass is 221 g/mol. The first kappa shape index (κ1) is 11.2. The Balaban J connectivity index is 2.32. The van der Waals surface area contributed by atoms with Crippen molar-refractivity contribution in [1.29, 1.82) is 0 Å². The summed E-state index contributed by atoms with van der Waals surface area (Å²) in [6, 6.07) is 0. The summed E-state index contributed by atoms with van der Waals surface area (Å²) < 4.78 is 0. The Morgan fingerprint density at radius 1 is 1.44 bits per heavy atom. The maximum absolute atomic E-state index is 11.8. The Morgan fingerprint density at radius 2 is 2.12 bits per heavy atom. The molecule has 0 radical (unpaired) electrons. The number of anilines is 1. The van der Waals surface area contributed by atoms with Crippen LogP contribution in [0.5, 0.6) is 0 Å². The third-order valence-corrected chi connectivity index (χ3v) is 3.31. The van der Waals surface area contributed by atoms with Crippen molar-refractivity contribution in [3.63, 3.8) is 0 Å². The highest BCUT2D eigenvalue weighted by molar-refractivity contribution is 5.38. The van der Waals surface area contributed by atoms with Crippen LogP contribution < -0.4 is 11.3 Å². The second kappa shape index (κ2) is 4.68. The van der Waals surface area contributed by atoms with E-state index in [1.165, 1.54) is 12.8 Å². The lowest BCUT2D eigenvalue weighted by atomic mass is 10.1. The summed E-state index contributed by atoms with van der Waals surface area (Å²) in [5, 5.41) is 0.